The van der Waals surface area contributed by atoms with Gasteiger partial charge in [0.25, 0.3) is 0 Å². The molecular weight excluding hydrogens is 352 g/mol. The smallest absolute Gasteiger partial charge is 0.327 e. The highest BCUT2D eigenvalue weighted by molar-refractivity contribution is 8.01. The van der Waals surface area contributed by atoms with Crippen molar-refractivity contribution in [3.63, 3.8) is 0 Å². The lowest BCUT2D eigenvalue weighted by Crippen LogP contribution is -2.27. The number of ketones is 1. The molecule has 2 heterocycles. The van der Waals surface area contributed by atoms with Crippen LogP contribution < -0.4 is 0 Å². The number of carbonyl (C=O) groups excluding carboxylic acids is 2. The number of nitrogens with zero attached hydrogens (tertiary/aromatic N) is 3. The third-order valence-corrected chi connectivity index (χ3v) is 5.23. The highest BCUT2D eigenvalue weighted by Crippen LogP contribution is 2.31. The predicted molar refractivity (Wildman–Crippen MR) is 99.9 cm³/mol. The van der Waals surface area contributed by atoms with E-state index in [0.717, 1.165) is 28.2 Å². The molecule has 136 valence electrons. The van der Waals surface area contributed by atoms with Crippen molar-refractivity contribution in [3.8, 4) is 11.4 Å². The summed E-state index contributed by atoms with van der Waals surface area (Å²) in [5.41, 5.74) is 1.94. The summed E-state index contributed by atoms with van der Waals surface area (Å²) >= 11 is 1.07. The average molecular weight is 372 g/mol. The first kappa shape index (κ1) is 18.2. The molecule has 8 heteroatoms. The van der Waals surface area contributed by atoms with Crippen LogP contribution >= 0.6 is 11.8 Å². The van der Waals surface area contributed by atoms with Gasteiger partial charge in [-0.3, -0.25) is 9.59 Å². The highest BCUT2D eigenvalue weighted by Gasteiger charge is 2.29. The lowest BCUT2D eigenvalue weighted by atomic mass is 10.1. The van der Waals surface area contributed by atoms with E-state index >= 15 is 0 Å². The Bertz CT molecular complexity index is 947. The van der Waals surface area contributed by atoms with Crippen LogP contribution in [-0.2, 0) is 20.9 Å². The molecule has 0 amide bonds. The topological polar surface area (TPSA) is 89.9 Å². The molecular formula is C18H20N4O3S. The predicted octanol–water partition coefficient (Wildman–Crippen LogP) is 3.06. The van der Waals surface area contributed by atoms with Crippen molar-refractivity contribution in [2.45, 2.75) is 37.7 Å². The molecule has 7 nitrogen and oxygen atoms in total. The number of para-hydroxylation sites is 1. The van der Waals surface area contributed by atoms with E-state index in [1.54, 1.807) is 6.92 Å². The Morgan fingerprint density at radius 2 is 2.04 bits per heavy atom. The van der Waals surface area contributed by atoms with Gasteiger partial charge in [0.1, 0.15) is 0 Å². The number of aromatic amines is 1. The van der Waals surface area contributed by atoms with Crippen LogP contribution in [-0.4, -0.2) is 43.4 Å². The molecule has 3 aromatic rings. The number of aromatic nitrogens is 4. The van der Waals surface area contributed by atoms with Crippen LogP contribution in [0.15, 0.2) is 35.6 Å². The molecule has 0 spiro atoms. The zero-order valence-corrected chi connectivity index (χ0v) is 15.7. The van der Waals surface area contributed by atoms with Crippen molar-refractivity contribution in [1.29, 1.82) is 0 Å². The van der Waals surface area contributed by atoms with E-state index in [4.69, 9.17) is 4.74 Å². The Kier molecular flexibility index (Phi) is 5.41. The van der Waals surface area contributed by atoms with Gasteiger partial charge in [-0.15, -0.1) is 10.2 Å². The van der Waals surface area contributed by atoms with Crippen LogP contribution in [0.2, 0.25) is 0 Å². The third-order valence-electron chi connectivity index (χ3n) is 3.96. The van der Waals surface area contributed by atoms with E-state index in [1.807, 2.05) is 42.0 Å². The molecule has 0 saturated heterocycles. The summed E-state index contributed by atoms with van der Waals surface area (Å²) in [4.78, 5) is 27.2. The fourth-order valence-electron chi connectivity index (χ4n) is 2.74. The maximum atomic E-state index is 12.1. The Hall–Kier alpha value is -2.61. The van der Waals surface area contributed by atoms with Gasteiger partial charge in [-0.05, 0) is 26.8 Å². The van der Waals surface area contributed by atoms with Crippen LogP contribution in [0.5, 0.6) is 0 Å². The monoisotopic (exact) mass is 372 g/mol. The molecule has 0 saturated carbocycles. The van der Waals surface area contributed by atoms with E-state index in [-0.39, 0.29) is 12.4 Å². The maximum Gasteiger partial charge on any atom is 0.327 e. The molecule has 0 aliphatic carbocycles. The number of nitrogens with one attached hydrogen (secondary N) is 1. The summed E-state index contributed by atoms with van der Waals surface area (Å²) in [5.74, 6) is -0.129. The highest BCUT2D eigenvalue weighted by atomic mass is 32.2. The summed E-state index contributed by atoms with van der Waals surface area (Å²) in [7, 11) is 0. The van der Waals surface area contributed by atoms with Gasteiger partial charge in [0.2, 0.25) is 0 Å². The Labute approximate surface area is 155 Å². The molecule has 0 bridgehead atoms. The van der Waals surface area contributed by atoms with E-state index < -0.39 is 11.2 Å². The molecule has 26 heavy (non-hydrogen) atoms. The molecule has 0 aliphatic heterocycles. The molecule has 2 aromatic heterocycles. The first-order chi connectivity index (χ1) is 12.6. The van der Waals surface area contributed by atoms with Crippen molar-refractivity contribution >= 4 is 34.4 Å². The number of thioether (sulfide) groups is 1. The van der Waals surface area contributed by atoms with Crippen molar-refractivity contribution in [1.82, 2.24) is 19.7 Å². The zero-order chi connectivity index (χ0) is 18.7. The van der Waals surface area contributed by atoms with Gasteiger partial charge in [0.15, 0.2) is 22.0 Å². The number of ether oxygens (including phenoxy) is 1. The van der Waals surface area contributed by atoms with Gasteiger partial charge in [-0.2, -0.15) is 0 Å². The van der Waals surface area contributed by atoms with E-state index in [0.29, 0.717) is 17.5 Å². The molecule has 3 rings (SSSR count). The van der Waals surface area contributed by atoms with Crippen molar-refractivity contribution < 1.29 is 14.3 Å². The number of H-pyrrole nitrogens is 1. The molecule has 1 aromatic carbocycles. The number of Topliss-reactive ketones (excluding diaryl/α,β-unsaturated/α-hetero) is 1. The van der Waals surface area contributed by atoms with Crippen LogP contribution in [0.4, 0.5) is 0 Å². The number of hydrogen-bond acceptors (Lipinski definition) is 6. The number of hydrogen-bond donors (Lipinski definition) is 1. The minimum absolute atomic E-state index is 0.226. The number of fused-ring (bicyclic) bond motifs is 1. The second-order valence-corrected chi connectivity index (χ2v) is 6.73. The van der Waals surface area contributed by atoms with Crippen molar-refractivity contribution in [2.75, 3.05) is 6.61 Å². The van der Waals surface area contributed by atoms with Gasteiger partial charge in [-0.1, -0.05) is 30.0 Å². The van der Waals surface area contributed by atoms with Crippen molar-refractivity contribution in [3.05, 3.63) is 30.5 Å². The number of rotatable bonds is 7. The second kappa shape index (κ2) is 7.74. The summed E-state index contributed by atoms with van der Waals surface area (Å²) in [6.07, 6.45) is 1.89. The van der Waals surface area contributed by atoms with E-state index in [9.17, 15) is 9.59 Å². The minimum atomic E-state index is -0.944. The van der Waals surface area contributed by atoms with Gasteiger partial charge in [-0.25, -0.2) is 0 Å². The van der Waals surface area contributed by atoms with Crippen LogP contribution in [0.3, 0.4) is 0 Å². The summed E-state index contributed by atoms with van der Waals surface area (Å²) in [6.45, 7) is 5.89. The Morgan fingerprint density at radius 3 is 2.73 bits per heavy atom. The van der Waals surface area contributed by atoms with Crippen LogP contribution in [0, 0.1) is 0 Å². The fraction of sp³-hybridized carbons (Fsp3) is 0.333. The van der Waals surface area contributed by atoms with E-state index in [2.05, 4.69) is 15.2 Å². The first-order valence-corrected chi connectivity index (χ1v) is 9.28. The fourth-order valence-corrected chi connectivity index (χ4v) is 3.71. The standard InChI is InChI=1S/C18H20N4O3S/c1-4-22-16(13-10-19-14-9-7-6-8-12(13)14)20-21-18(22)26-15(11(3)23)17(24)25-5-2/h6-10,15,19H,4-5H2,1-3H3/t15-/m0/s1. The first-order valence-electron chi connectivity index (χ1n) is 8.40. The largest absolute Gasteiger partial charge is 0.465 e. The number of carbonyl (C=O) groups is 2. The SMILES string of the molecule is CCOC(=O)[C@@H](Sc1nnc(-c2c[nH]c3ccccc23)n1CC)C(C)=O. The third kappa shape index (κ3) is 3.37. The lowest BCUT2D eigenvalue weighted by Gasteiger charge is -2.12. The second-order valence-electron chi connectivity index (χ2n) is 5.66. The maximum absolute atomic E-state index is 12.1. The summed E-state index contributed by atoms with van der Waals surface area (Å²) < 4.78 is 6.90. The van der Waals surface area contributed by atoms with Crippen molar-refractivity contribution in [2.24, 2.45) is 0 Å². The van der Waals surface area contributed by atoms with Gasteiger partial charge >= 0.3 is 5.97 Å². The summed E-state index contributed by atoms with van der Waals surface area (Å²) in [6, 6.07) is 7.94. The number of benzene rings is 1. The van der Waals surface area contributed by atoms with Crippen LogP contribution in [0.1, 0.15) is 20.8 Å². The zero-order valence-electron chi connectivity index (χ0n) is 14.9. The Morgan fingerprint density at radius 1 is 1.27 bits per heavy atom. The quantitative estimate of drug-likeness (QED) is 0.389. The minimum Gasteiger partial charge on any atom is -0.465 e. The van der Waals surface area contributed by atoms with Gasteiger partial charge in [0, 0.05) is 29.2 Å². The van der Waals surface area contributed by atoms with Gasteiger partial charge < -0.3 is 14.3 Å². The molecule has 0 unspecified atom stereocenters. The summed E-state index contributed by atoms with van der Waals surface area (Å²) in [5, 5.41) is 9.13. The number of esters is 1. The molecule has 1 atom stereocenters. The molecule has 0 radical (unpaired) electrons. The molecule has 0 aliphatic rings. The molecule has 0 fully saturated rings. The average Bonchev–Trinajstić information content (AvgIpc) is 3.22. The normalized spacial score (nSPS) is 12.3. The lowest BCUT2D eigenvalue weighted by molar-refractivity contribution is -0.144. The van der Waals surface area contributed by atoms with Crippen LogP contribution in [0.25, 0.3) is 22.3 Å². The molecule has 1 N–H and O–H groups in total. The van der Waals surface area contributed by atoms with E-state index in [1.165, 1.54) is 6.92 Å². The van der Waals surface area contributed by atoms with Gasteiger partial charge in [0.05, 0.1) is 6.61 Å². The Balaban J connectivity index is 1.98.